The van der Waals surface area contributed by atoms with Crippen LogP contribution in [-0.2, 0) is 18.4 Å². The topological polar surface area (TPSA) is 77.0 Å². The molecule has 0 spiro atoms. The highest BCUT2D eigenvalue weighted by molar-refractivity contribution is 7.09. The van der Waals surface area contributed by atoms with Gasteiger partial charge in [0.1, 0.15) is 0 Å². The predicted molar refractivity (Wildman–Crippen MR) is 119 cm³/mol. The lowest BCUT2D eigenvalue weighted by molar-refractivity contribution is 0.323. The molecule has 0 saturated carbocycles. The van der Waals surface area contributed by atoms with E-state index in [1.54, 1.807) is 39.7 Å². The Labute approximate surface area is 177 Å². The van der Waals surface area contributed by atoms with E-state index in [2.05, 4.69) is 41.8 Å². The Morgan fingerprint density at radius 3 is 2.21 bits per heavy atom. The zero-order chi connectivity index (χ0) is 21.4. The van der Waals surface area contributed by atoms with E-state index in [0.717, 1.165) is 35.2 Å². The molecule has 0 unspecified atom stereocenters. The van der Waals surface area contributed by atoms with Crippen LogP contribution in [0.1, 0.15) is 37.0 Å². The van der Waals surface area contributed by atoms with E-state index in [1.807, 2.05) is 12.1 Å². The molecule has 7 nitrogen and oxygen atoms in total. The van der Waals surface area contributed by atoms with Gasteiger partial charge in [-0.2, -0.15) is 0 Å². The van der Waals surface area contributed by atoms with Crippen LogP contribution in [0, 0.1) is 0 Å². The lowest BCUT2D eigenvalue weighted by Crippen LogP contribution is -2.37. The average Bonchev–Trinajstić information content (AvgIpc) is 3.19. The molecule has 0 fully saturated rings. The van der Waals surface area contributed by atoms with Crippen LogP contribution >= 0.6 is 11.3 Å². The molecule has 1 heterocycles. The number of thiazole rings is 1. The molecule has 0 aliphatic rings. The van der Waals surface area contributed by atoms with Gasteiger partial charge >= 0.3 is 0 Å². The Morgan fingerprint density at radius 2 is 1.72 bits per heavy atom. The highest BCUT2D eigenvalue weighted by Crippen LogP contribution is 2.38. The van der Waals surface area contributed by atoms with E-state index < -0.39 is 0 Å². The molecule has 0 aliphatic carbocycles. The summed E-state index contributed by atoms with van der Waals surface area (Å²) >= 11 is 1.71. The molecule has 0 atom stereocenters. The minimum absolute atomic E-state index is 0.0836. The minimum atomic E-state index is 0.0836. The fraction of sp³-hybridized carbons (Fsp3) is 0.524. The summed E-state index contributed by atoms with van der Waals surface area (Å²) in [6.45, 7) is 7.87. The van der Waals surface area contributed by atoms with Crippen LogP contribution in [0.5, 0.6) is 17.2 Å². The normalized spacial score (nSPS) is 11.9. The van der Waals surface area contributed by atoms with E-state index in [9.17, 15) is 0 Å². The largest absolute Gasteiger partial charge is 0.493 e. The van der Waals surface area contributed by atoms with Crippen LogP contribution in [0.25, 0.3) is 0 Å². The Bertz CT molecular complexity index is 803. The summed E-state index contributed by atoms with van der Waals surface area (Å²) in [4.78, 5) is 9.02. The van der Waals surface area contributed by atoms with Gasteiger partial charge in [0.15, 0.2) is 17.5 Å². The number of aromatic nitrogens is 1. The number of methoxy groups -OCH3 is 3. The van der Waals surface area contributed by atoms with Crippen LogP contribution in [0.4, 0.5) is 0 Å². The maximum absolute atomic E-state index is 5.41. The molecule has 2 N–H and O–H groups in total. The van der Waals surface area contributed by atoms with Gasteiger partial charge in [0.25, 0.3) is 0 Å². The zero-order valence-electron chi connectivity index (χ0n) is 18.4. The van der Waals surface area contributed by atoms with Crippen molar-refractivity contribution < 1.29 is 14.2 Å². The summed E-state index contributed by atoms with van der Waals surface area (Å²) < 4.78 is 16.2. The second-order valence-electron chi connectivity index (χ2n) is 7.51. The van der Waals surface area contributed by atoms with Crippen molar-refractivity contribution in [1.29, 1.82) is 0 Å². The monoisotopic (exact) mass is 420 g/mol. The quantitative estimate of drug-likeness (QED) is 0.504. The van der Waals surface area contributed by atoms with Gasteiger partial charge in [-0.25, -0.2) is 4.98 Å². The maximum atomic E-state index is 5.41. The summed E-state index contributed by atoms with van der Waals surface area (Å²) in [6, 6.07) is 3.84. The molecule has 0 amide bonds. The molecule has 0 aliphatic heterocycles. The molecular weight excluding hydrogens is 388 g/mol. The lowest BCUT2D eigenvalue weighted by atomic mass is 9.93. The fourth-order valence-corrected chi connectivity index (χ4v) is 3.73. The predicted octanol–water partition coefficient (Wildman–Crippen LogP) is 3.37. The van der Waals surface area contributed by atoms with Gasteiger partial charge in [-0.1, -0.05) is 20.8 Å². The van der Waals surface area contributed by atoms with Crippen LogP contribution in [0.3, 0.4) is 0 Å². The summed E-state index contributed by atoms with van der Waals surface area (Å²) in [5.74, 6) is 2.57. The third kappa shape index (κ3) is 6.25. The number of aliphatic imine (C=N–C) groups is 1. The molecule has 160 valence electrons. The smallest absolute Gasteiger partial charge is 0.203 e. The molecule has 8 heteroatoms. The highest BCUT2D eigenvalue weighted by Gasteiger charge is 2.17. The molecule has 0 radical (unpaired) electrons. The van der Waals surface area contributed by atoms with Crippen LogP contribution in [-0.4, -0.2) is 45.9 Å². The second kappa shape index (κ2) is 10.3. The number of nitrogens with one attached hydrogen (secondary N) is 2. The lowest BCUT2D eigenvalue weighted by Gasteiger charge is -2.16. The minimum Gasteiger partial charge on any atom is -0.493 e. The number of ether oxygens (including phenoxy) is 3. The Morgan fingerprint density at radius 1 is 1.07 bits per heavy atom. The number of nitrogens with zero attached hydrogens (tertiary/aromatic N) is 2. The third-order valence-corrected chi connectivity index (χ3v) is 5.27. The average molecular weight is 421 g/mol. The third-order valence-electron chi connectivity index (χ3n) is 4.36. The first-order valence-corrected chi connectivity index (χ1v) is 10.4. The molecule has 2 aromatic rings. The van der Waals surface area contributed by atoms with Gasteiger partial charge in [-0.15, -0.1) is 11.3 Å². The van der Waals surface area contributed by atoms with Crippen molar-refractivity contribution in [2.45, 2.75) is 39.2 Å². The fourth-order valence-electron chi connectivity index (χ4n) is 2.70. The molecule has 1 aromatic carbocycles. The van der Waals surface area contributed by atoms with E-state index >= 15 is 0 Å². The van der Waals surface area contributed by atoms with Crippen molar-refractivity contribution in [1.82, 2.24) is 15.6 Å². The Hall–Kier alpha value is -2.48. The second-order valence-corrected chi connectivity index (χ2v) is 8.46. The van der Waals surface area contributed by atoms with Crippen molar-refractivity contribution in [3.8, 4) is 17.2 Å². The Balaban J connectivity index is 1.91. The van der Waals surface area contributed by atoms with E-state index in [4.69, 9.17) is 19.2 Å². The van der Waals surface area contributed by atoms with Gasteiger partial charge in [-0.3, -0.25) is 4.99 Å². The molecule has 0 saturated heterocycles. The molecule has 2 rings (SSSR count). The molecule has 1 aromatic heterocycles. The van der Waals surface area contributed by atoms with Gasteiger partial charge in [0.05, 0.1) is 32.0 Å². The summed E-state index contributed by atoms with van der Waals surface area (Å²) in [6.07, 6.45) is 0.853. The number of rotatable bonds is 8. The summed E-state index contributed by atoms with van der Waals surface area (Å²) in [5.41, 5.74) is 2.22. The number of guanidine groups is 1. The maximum Gasteiger partial charge on any atom is 0.203 e. The summed E-state index contributed by atoms with van der Waals surface area (Å²) in [7, 11) is 6.57. The van der Waals surface area contributed by atoms with Gasteiger partial charge < -0.3 is 24.8 Å². The highest BCUT2D eigenvalue weighted by atomic mass is 32.1. The van der Waals surface area contributed by atoms with Crippen LogP contribution in [0.15, 0.2) is 22.5 Å². The molecule has 0 bridgehead atoms. The number of benzene rings is 1. The van der Waals surface area contributed by atoms with Gasteiger partial charge in [0.2, 0.25) is 5.75 Å². The van der Waals surface area contributed by atoms with Crippen molar-refractivity contribution in [2.24, 2.45) is 4.99 Å². The molecule has 29 heavy (non-hydrogen) atoms. The van der Waals surface area contributed by atoms with Crippen LogP contribution < -0.4 is 24.8 Å². The van der Waals surface area contributed by atoms with Crippen molar-refractivity contribution in [3.63, 3.8) is 0 Å². The number of hydrogen-bond donors (Lipinski definition) is 2. The van der Waals surface area contributed by atoms with E-state index in [-0.39, 0.29) is 5.41 Å². The summed E-state index contributed by atoms with van der Waals surface area (Å²) in [5, 5.41) is 9.92. The van der Waals surface area contributed by atoms with Crippen molar-refractivity contribution >= 4 is 17.3 Å². The first-order chi connectivity index (χ1) is 13.8. The zero-order valence-corrected chi connectivity index (χ0v) is 19.2. The van der Waals surface area contributed by atoms with Gasteiger partial charge in [0, 0.05) is 37.4 Å². The van der Waals surface area contributed by atoms with Crippen molar-refractivity contribution in [3.05, 3.63) is 33.8 Å². The standard InChI is InChI=1S/C21H32N4O3S/c1-21(2,3)17-13-29-18(25-17)8-9-23-20(22-4)24-12-14-10-15(26-5)19(28-7)16(11-14)27-6/h10-11,13H,8-9,12H2,1-7H3,(H2,22,23,24). The first kappa shape index (κ1) is 22.8. The van der Waals surface area contributed by atoms with Gasteiger partial charge in [-0.05, 0) is 17.7 Å². The van der Waals surface area contributed by atoms with E-state index in [1.165, 1.54) is 0 Å². The SMILES string of the molecule is CN=C(NCCc1nc(C(C)(C)C)cs1)NCc1cc(OC)c(OC)c(OC)c1. The van der Waals surface area contributed by atoms with Crippen molar-refractivity contribution in [2.75, 3.05) is 34.9 Å². The molecular formula is C21H32N4O3S. The van der Waals surface area contributed by atoms with E-state index in [0.29, 0.717) is 23.8 Å². The van der Waals surface area contributed by atoms with Crippen LogP contribution in [0.2, 0.25) is 0 Å². The first-order valence-electron chi connectivity index (χ1n) is 9.50. The number of hydrogen-bond acceptors (Lipinski definition) is 6. The Kier molecular flexibility index (Phi) is 8.13.